The third kappa shape index (κ3) is 3.77. The van der Waals surface area contributed by atoms with E-state index in [0.29, 0.717) is 18.8 Å². The summed E-state index contributed by atoms with van der Waals surface area (Å²) in [5, 5.41) is 3.93. The zero-order valence-electron chi connectivity index (χ0n) is 15.9. The largest absolute Gasteiger partial charge is 0.485 e. The molecule has 0 aliphatic carbocycles. The first-order chi connectivity index (χ1) is 13.1. The highest BCUT2D eigenvalue weighted by Gasteiger charge is 2.31. The van der Waals surface area contributed by atoms with Gasteiger partial charge in [-0.25, -0.2) is 4.98 Å². The number of likely N-dealkylation sites (tertiary alicyclic amines) is 1. The monoisotopic (exact) mass is 370 g/mol. The summed E-state index contributed by atoms with van der Waals surface area (Å²) in [6, 6.07) is 5.61. The summed E-state index contributed by atoms with van der Waals surface area (Å²) < 4.78 is 11.5. The Hall–Kier alpha value is -2.57. The van der Waals surface area contributed by atoms with Gasteiger partial charge >= 0.3 is 0 Å². The molecule has 144 valence electrons. The topological polar surface area (TPSA) is 71.7 Å². The second kappa shape index (κ2) is 7.58. The minimum absolute atomic E-state index is 0.0315. The lowest BCUT2D eigenvalue weighted by Gasteiger charge is -2.22. The number of nitrogens with zero attached hydrogens (tertiary/aromatic N) is 4. The normalized spacial score (nSPS) is 19.9. The molecule has 2 aliphatic heterocycles. The second-order valence-electron chi connectivity index (χ2n) is 7.57. The molecule has 2 aromatic rings. The first-order valence-electron chi connectivity index (χ1n) is 9.74. The van der Waals surface area contributed by atoms with Crippen molar-refractivity contribution in [3.05, 3.63) is 35.9 Å². The Balaban J connectivity index is 1.40. The quantitative estimate of drug-likeness (QED) is 0.805. The van der Waals surface area contributed by atoms with Crippen molar-refractivity contribution in [1.82, 2.24) is 15.0 Å². The van der Waals surface area contributed by atoms with Crippen LogP contribution < -0.4 is 9.64 Å². The standard InChI is InChI=1S/C20H26N4O3/c1-14(2)18-12-16(22-27-18)20(25)24-11-7-15(13-24)26-17-6-5-8-21-19(17)23-9-3-4-10-23/h5-6,8,12,14-15H,3-4,7,9-11,13H2,1-2H3/t15-/m0/s1. The van der Waals surface area contributed by atoms with Gasteiger partial charge in [-0.3, -0.25) is 4.79 Å². The minimum atomic E-state index is -0.0947. The van der Waals surface area contributed by atoms with E-state index >= 15 is 0 Å². The fourth-order valence-electron chi connectivity index (χ4n) is 3.65. The first-order valence-corrected chi connectivity index (χ1v) is 9.74. The molecule has 4 heterocycles. The Morgan fingerprint density at radius 2 is 2.11 bits per heavy atom. The van der Waals surface area contributed by atoms with Crippen LogP contribution in [-0.2, 0) is 0 Å². The molecular formula is C20H26N4O3. The van der Waals surface area contributed by atoms with Crippen molar-refractivity contribution in [1.29, 1.82) is 0 Å². The third-order valence-corrected chi connectivity index (χ3v) is 5.20. The first kappa shape index (κ1) is 17.8. The van der Waals surface area contributed by atoms with Crippen LogP contribution in [0.15, 0.2) is 28.9 Å². The number of hydrogen-bond acceptors (Lipinski definition) is 6. The van der Waals surface area contributed by atoms with Crippen LogP contribution in [0.25, 0.3) is 0 Å². The number of anilines is 1. The molecule has 27 heavy (non-hydrogen) atoms. The number of carbonyl (C=O) groups excluding carboxylic acids is 1. The van der Waals surface area contributed by atoms with Gasteiger partial charge in [0.15, 0.2) is 17.3 Å². The fraction of sp³-hybridized carbons (Fsp3) is 0.550. The van der Waals surface area contributed by atoms with Crippen LogP contribution in [0.2, 0.25) is 0 Å². The predicted octanol–water partition coefficient (Wildman–Crippen LogP) is 3.09. The lowest BCUT2D eigenvalue weighted by atomic mass is 10.1. The lowest BCUT2D eigenvalue weighted by molar-refractivity contribution is 0.0762. The van der Waals surface area contributed by atoms with Crippen LogP contribution in [0.1, 0.15) is 55.3 Å². The van der Waals surface area contributed by atoms with Gasteiger partial charge in [-0.2, -0.15) is 0 Å². The van der Waals surface area contributed by atoms with E-state index in [9.17, 15) is 4.79 Å². The highest BCUT2D eigenvalue weighted by atomic mass is 16.5. The van der Waals surface area contributed by atoms with Gasteiger partial charge in [0, 0.05) is 44.2 Å². The molecule has 2 aliphatic rings. The van der Waals surface area contributed by atoms with Crippen LogP contribution in [-0.4, -0.2) is 53.2 Å². The Labute approximate surface area is 159 Å². The van der Waals surface area contributed by atoms with Crippen molar-refractivity contribution in [3.63, 3.8) is 0 Å². The molecule has 0 saturated carbocycles. The molecule has 0 spiro atoms. The van der Waals surface area contributed by atoms with Crippen LogP contribution in [0.4, 0.5) is 5.82 Å². The maximum absolute atomic E-state index is 12.7. The number of pyridine rings is 1. The molecule has 0 bridgehead atoms. The summed E-state index contributed by atoms with van der Waals surface area (Å²) in [4.78, 5) is 21.3. The van der Waals surface area contributed by atoms with Crippen molar-refractivity contribution in [2.24, 2.45) is 0 Å². The number of ether oxygens (including phenoxy) is 1. The maximum Gasteiger partial charge on any atom is 0.276 e. The number of aromatic nitrogens is 2. The zero-order chi connectivity index (χ0) is 18.8. The van der Waals surface area contributed by atoms with Crippen molar-refractivity contribution in [3.8, 4) is 5.75 Å². The van der Waals surface area contributed by atoms with Gasteiger partial charge in [-0.15, -0.1) is 0 Å². The van der Waals surface area contributed by atoms with E-state index < -0.39 is 0 Å². The number of rotatable bonds is 5. The van der Waals surface area contributed by atoms with E-state index in [2.05, 4.69) is 15.0 Å². The average molecular weight is 370 g/mol. The van der Waals surface area contributed by atoms with Crippen molar-refractivity contribution >= 4 is 11.7 Å². The van der Waals surface area contributed by atoms with Gasteiger partial charge in [-0.1, -0.05) is 19.0 Å². The summed E-state index contributed by atoms with van der Waals surface area (Å²) in [7, 11) is 0. The SMILES string of the molecule is CC(C)c1cc(C(=O)N2CC[C@H](Oc3cccnc3N3CCCC3)C2)no1. The van der Waals surface area contributed by atoms with Crippen molar-refractivity contribution in [2.45, 2.75) is 45.1 Å². The Kier molecular flexibility index (Phi) is 5.01. The molecule has 2 saturated heterocycles. The predicted molar refractivity (Wildman–Crippen MR) is 101 cm³/mol. The van der Waals surface area contributed by atoms with E-state index in [4.69, 9.17) is 9.26 Å². The Morgan fingerprint density at radius 1 is 1.30 bits per heavy atom. The van der Waals surface area contributed by atoms with E-state index in [-0.39, 0.29) is 17.9 Å². The van der Waals surface area contributed by atoms with Gasteiger partial charge in [0.2, 0.25) is 0 Å². The van der Waals surface area contributed by atoms with E-state index in [1.165, 1.54) is 12.8 Å². The number of amides is 1. The molecule has 0 aromatic carbocycles. The molecule has 0 N–H and O–H groups in total. The maximum atomic E-state index is 12.7. The summed E-state index contributed by atoms with van der Waals surface area (Å²) in [6.07, 6.45) is 4.96. The lowest BCUT2D eigenvalue weighted by Crippen LogP contribution is -2.31. The molecular weight excluding hydrogens is 344 g/mol. The van der Waals surface area contributed by atoms with Gasteiger partial charge in [0.05, 0.1) is 6.54 Å². The Bertz CT molecular complexity index is 798. The van der Waals surface area contributed by atoms with E-state index in [1.54, 1.807) is 11.0 Å². The summed E-state index contributed by atoms with van der Waals surface area (Å²) in [5.41, 5.74) is 0.374. The van der Waals surface area contributed by atoms with Crippen molar-refractivity contribution < 1.29 is 14.1 Å². The van der Waals surface area contributed by atoms with Crippen LogP contribution in [0.5, 0.6) is 5.75 Å². The summed E-state index contributed by atoms with van der Waals surface area (Å²) in [6.45, 7) is 7.28. The van der Waals surface area contributed by atoms with Crippen LogP contribution >= 0.6 is 0 Å². The average Bonchev–Trinajstić information content (AvgIpc) is 3.42. The number of carbonyl (C=O) groups is 1. The molecule has 7 nitrogen and oxygen atoms in total. The van der Waals surface area contributed by atoms with Gasteiger partial charge in [0.1, 0.15) is 11.9 Å². The smallest absolute Gasteiger partial charge is 0.276 e. The molecule has 4 rings (SSSR count). The summed E-state index contributed by atoms with van der Waals surface area (Å²) in [5.74, 6) is 2.57. The zero-order valence-corrected chi connectivity index (χ0v) is 15.9. The van der Waals surface area contributed by atoms with Crippen LogP contribution in [0, 0.1) is 0 Å². The van der Waals surface area contributed by atoms with E-state index in [1.807, 2.05) is 32.2 Å². The van der Waals surface area contributed by atoms with Crippen LogP contribution in [0.3, 0.4) is 0 Å². The highest BCUT2D eigenvalue weighted by Crippen LogP contribution is 2.30. The summed E-state index contributed by atoms with van der Waals surface area (Å²) >= 11 is 0. The highest BCUT2D eigenvalue weighted by molar-refractivity contribution is 5.92. The molecule has 0 unspecified atom stereocenters. The van der Waals surface area contributed by atoms with Crippen molar-refractivity contribution in [2.75, 3.05) is 31.1 Å². The van der Waals surface area contributed by atoms with E-state index in [0.717, 1.165) is 36.8 Å². The minimum Gasteiger partial charge on any atom is -0.485 e. The molecule has 2 fully saturated rings. The van der Waals surface area contributed by atoms with Gasteiger partial charge < -0.3 is 19.1 Å². The van der Waals surface area contributed by atoms with Gasteiger partial charge in [0.25, 0.3) is 5.91 Å². The molecule has 1 atom stereocenters. The molecule has 1 amide bonds. The van der Waals surface area contributed by atoms with Gasteiger partial charge in [-0.05, 0) is 25.0 Å². The number of hydrogen-bond donors (Lipinski definition) is 0. The molecule has 7 heteroatoms. The Morgan fingerprint density at radius 3 is 2.85 bits per heavy atom. The third-order valence-electron chi connectivity index (χ3n) is 5.20. The molecule has 2 aromatic heterocycles. The molecule has 0 radical (unpaired) electrons. The fourth-order valence-corrected chi connectivity index (χ4v) is 3.65. The second-order valence-corrected chi connectivity index (χ2v) is 7.57.